The number of aliphatic hydroxyl groups excluding tert-OH is 3. The van der Waals surface area contributed by atoms with Crippen LogP contribution in [-0.2, 0) is 27.9 Å². The van der Waals surface area contributed by atoms with Gasteiger partial charge in [0.2, 0.25) is 5.82 Å². The lowest BCUT2D eigenvalue weighted by Gasteiger charge is -2.24. The van der Waals surface area contributed by atoms with Crippen molar-refractivity contribution in [3.05, 3.63) is 33.6 Å². The number of carboxylic acid groups (broad SMARTS) is 1. The van der Waals surface area contributed by atoms with E-state index in [1.807, 2.05) is 13.8 Å². The van der Waals surface area contributed by atoms with Gasteiger partial charge in [0.1, 0.15) is 24.9 Å². The number of aromatic nitrogens is 6. The quantitative estimate of drug-likeness (QED) is 0.228. The summed E-state index contributed by atoms with van der Waals surface area (Å²) in [6.07, 6.45) is -5.46. The maximum Gasteiger partial charge on any atom is 0.303 e. The van der Waals surface area contributed by atoms with E-state index >= 15 is 0 Å². The third kappa shape index (κ3) is 6.15. The van der Waals surface area contributed by atoms with Crippen molar-refractivity contribution >= 4 is 22.8 Å². The first-order valence-electron chi connectivity index (χ1n) is 11.1. The van der Waals surface area contributed by atoms with Crippen molar-refractivity contribution in [1.29, 1.82) is 0 Å². The fourth-order valence-electron chi connectivity index (χ4n) is 3.52. The fraction of sp³-hybridized carbons (Fsp3) is 0.500. The van der Waals surface area contributed by atoms with Crippen molar-refractivity contribution in [1.82, 2.24) is 29.8 Å². The number of hydrogen-bond acceptors (Lipinski definition) is 11. The maximum absolute atomic E-state index is 13.3. The number of rotatable bonds is 12. The zero-order valence-electron chi connectivity index (χ0n) is 20.0. The van der Waals surface area contributed by atoms with Crippen LogP contribution < -0.4 is 5.56 Å². The van der Waals surface area contributed by atoms with Gasteiger partial charge in [-0.3, -0.25) is 14.4 Å². The van der Waals surface area contributed by atoms with Crippen LogP contribution in [0.2, 0.25) is 0 Å². The van der Waals surface area contributed by atoms with E-state index in [4.69, 9.17) is 9.84 Å². The summed E-state index contributed by atoms with van der Waals surface area (Å²) in [6, 6.07) is 3.51. The van der Waals surface area contributed by atoms with E-state index in [1.165, 1.54) is 9.25 Å². The molecule has 3 rings (SSSR count). The van der Waals surface area contributed by atoms with Crippen LogP contribution in [0.5, 0.6) is 0 Å². The monoisotopic (exact) mass is 504 g/mol. The number of carbonyl (C=O) groups excluding carboxylic acids is 1. The summed E-state index contributed by atoms with van der Waals surface area (Å²) in [5.74, 6) is -1.49. The largest absolute Gasteiger partial charge is 0.481 e. The highest BCUT2D eigenvalue weighted by molar-refractivity contribution is 5.83. The average Bonchev–Trinajstić information content (AvgIpc) is 3.25. The molecule has 0 fully saturated rings. The summed E-state index contributed by atoms with van der Waals surface area (Å²) in [4.78, 5) is 39.9. The summed E-state index contributed by atoms with van der Waals surface area (Å²) < 4.78 is 7.56. The molecular weight excluding hydrogens is 476 g/mol. The van der Waals surface area contributed by atoms with Crippen LogP contribution in [0, 0.1) is 13.8 Å². The highest BCUT2D eigenvalue weighted by atomic mass is 16.5. The molecule has 0 saturated heterocycles. The van der Waals surface area contributed by atoms with Crippen molar-refractivity contribution in [2.24, 2.45) is 7.05 Å². The Kier molecular flexibility index (Phi) is 8.57. The Labute approximate surface area is 204 Å². The number of tetrazole rings is 1. The average molecular weight is 505 g/mol. The lowest BCUT2D eigenvalue weighted by atomic mass is 10.1. The molecule has 2 heterocycles. The van der Waals surface area contributed by atoms with E-state index in [9.17, 15) is 29.7 Å². The second-order valence-corrected chi connectivity index (χ2v) is 8.50. The minimum atomic E-state index is -1.72. The number of fused-ring (bicyclic) bond motifs is 1. The summed E-state index contributed by atoms with van der Waals surface area (Å²) in [5, 5.41) is 51.0. The number of benzene rings is 1. The predicted molar refractivity (Wildman–Crippen MR) is 124 cm³/mol. The Hall–Kier alpha value is -3.59. The number of carboxylic acids is 1. The predicted octanol–water partition coefficient (Wildman–Crippen LogP) is -1.26. The van der Waals surface area contributed by atoms with Crippen molar-refractivity contribution < 1.29 is 34.8 Å². The van der Waals surface area contributed by atoms with E-state index in [1.54, 1.807) is 19.2 Å². The van der Waals surface area contributed by atoms with Gasteiger partial charge >= 0.3 is 5.97 Å². The van der Waals surface area contributed by atoms with Gasteiger partial charge in [-0.25, -0.2) is 9.67 Å². The number of carbonyl (C=O) groups is 2. The molecule has 3 aromatic rings. The molecule has 194 valence electrons. The highest BCUT2D eigenvalue weighted by Crippen LogP contribution is 2.20. The van der Waals surface area contributed by atoms with Gasteiger partial charge in [-0.15, -0.1) is 5.10 Å². The molecule has 0 radical (unpaired) electrons. The summed E-state index contributed by atoms with van der Waals surface area (Å²) >= 11 is 0. The number of hydrogen-bond donors (Lipinski definition) is 4. The SMILES string of the molecule is Cc1cc2nc(-c3nnnn3C)c(=O)n(C[C@H](O)[C@H](O)[C@H](O)COCC(=O)CCC(=O)O)c2cc1C. The number of ketones is 1. The normalized spacial score (nSPS) is 14.1. The van der Waals surface area contributed by atoms with Gasteiger partial charge in [-0.05, 0) is 47.5 Å². The standard InChI is InChI=1S/C22H28N6O8/c1-11-6-14-15(7-12(11)2)28(22(35)19(23-14)21-24-25-26-27(21)3)8-16(30)20(34)17(31)10-36-9-13(29)4-5-18(32)33/h6-7,16-17,20,30-31,34H,4-5,8-10H2,1-3H3,(H,32,33)/t16-,17+,20-/m0/s1. The van der Waals surface area contributed by atoms with Crippen LogP contribution >= 0.6 is 0 Å². The van der Waals surface area contributed by atoms with Crippen LogP contribution in [-0.4, -0.2) is 93.5 Å². The van der Waals surface area contributed by atoms with Gasteiger partial charge in [0.15, 0.2) is 11.5 Å². The van der Waals surface area contributed by atoms with E-state index in [-0.39, 0.29) is 24.4 Å². The molecular formula is C22H28N6O8. The first-order chi connectivity index (χ1) is 17.0. The van der Waals surface area contributed by atoms with E-state index in [0.717, 1.165) is 11.1 Å². The number of nitrogens with zero attached hydrogens (tertiary/aromatic N) is 6. The summed E-state index contributed by atoms with van der Waals surface area (Å²) in [7, 11) is 1.55. The Bertz CT molecular complexity index is 1320. The van der Waals surface area contributed by atoms with E-state index < -0.39 is 55.4 Å². The van der Waals surface area contributed by atoms with Crippen LogP contribution in [0.4, 0.5) is 0 Å². The number of aliphatic carboxylic acids is 1. The first kappa shape index (κ1) is 27.0. The molecule has 0 aliphatic heterocycles. The zero-order chi connectivity index (χ0) is 26.6. The van der Waals surface area contributed by atoms with Crippen LogP contribution in [0.25, 0.3) is 22.6 Å². The lowest BCUT2D eigenvalue weighted by molar-refractivity contribution is -0.139. The number of Topliss-reactive ketones (excluding diaryl/α,β-unsaturated/α-hetero) is 1. The minimum absolute atomic E-state index is 0.0521. The molecule has 0 spiro atoms. The molecule has 3 atom stereocenters. The third-order valence-electron chi connectivity index (χ3n) is 5.72. The van der Waals surface area contributed by atoms with Crippen LogP contribution in [0.3, 0.4) is 0 Å². The number of aliphatic hydroxyl groups is 3. The lowest BCUT2D eigenvalue weighted by Crippen LogP contribution is -2.44. The Morgan fingerprint density at radius 2 is 1.78 bits per heavy atom. The molecule has 14 nitrogen and oxygen atoms in total. The second kappa shape index (κ2) is 11.4. The molecule has 2 aromatic heterocycles. The highest BCUT2D eigenvalue weighted by Gasteiger charge is 2.27. The zero-order valence-corrected chi connectivity index (χ0v) is 20.0. The van der Waals surface area contributed by atoms with Crippen molar-refractivity contribution in [2.45, 2.75) is 51.5 Å². The molecule has 0 aliphatic rings. The molecule has 0 saturated carbocycles. The maximum atomic E-state index is 13.3. The van der Waals surface area contributed by atoms with Gasteiger partial charge in [0, 0.05) is 13.5 Å². The minimum Gasteiger partial charge on any atom is -0.481 e. The molecule has 0 aliphatic carbocycles. The van der Waals surface area contributed by atoms with Gasteiger partial charge in [0.25, 0.3) is 5.56 Å². The molecule has 0 bridgehead atoms. The molecule has 1 aromatic carbocycles. The van der Waals surface area contributed by atoms with Crippen LogP contribution in [0.1, 0.15) is 24.0 Å². The summed E-state index contributed by atoms with van der Waals surface area (Å²) in [6.45, 7) is 2.41. The Morgan fingerprint density at radius 1 is 1.08 bits per heavy atom. The Balaban J connectivity index is 1.81. The van der Waals surface area contributed by atoms with Crippen molar-refractivity contribution in [2.75, 3.05) is 13.2 Å². The second-order valence-electron chi connectivity index (χ2n) is 8.50. The van der Waals surface area contributed by atoms with Crippen molar-refractivity contribution in [3.63, 3.8) is 0 Å². The van der Waals surface area contributed by atoms with Gasteiger partial charge in [-0.2, -0.15) is 0 Å². The van der Waals surface area contributed by atoms with Crippen molar-refractivity contribution in [3.8, 4) is 11.5 Å². The van der Waals surface area contributed by atoms with Gasteiger partial charge in [0.05, 0.1) is 30.6 Å². The first-order valence-corrected chi connectivity index (χ1v) is 11.1. The number of aryl methyl sites for hydroxylation is 3. The van der Waals surface area contributed by atoms with Gasteiger partial charge in [-0.1, -0.05) is 0 Å². The molecule has 0 amide bonds. The molecule has 36 heavy (non-hydrogen) atoms. The topological polar surface area (TPSA) is 203 Å². The van der Waals surface area contributed by atoms with Gasteiger partial charge < -0.3 is 29.7 Å². The van der Waals surface area contributed by atoms with E-state index in [0.29, 0.717) is 11.0 Å². The molecule has 14 heteroatoms. The third-order valence-corrected chi connectivity index (χ3v) is 5.72. The fourth-order valence-corrected chi connectivity index (χ4v) is 3.52. The van der Waals surface area contributed by atoms with Crippen LogP contribution in [0.15, 0.2) is 16.9 Å². The molecule has 4 N–H and O–H groups in total. The molecule has 0 unspecified atom stereocenters. The smallest absolute Gasteiger partial charge is 0.303 e. The summed E-state index contributed by atoms with van der Waals surface area (Å²) in [5.41, 5.74) is 1.99. The Morgan fingerprint density at radius 3 is 2.42 bits per heavy atom. The van der Waals surface area contributed by atoms with E-state index in [2.05, 4.69) is 20.5 Å². The number of ether oxygens (including phenoxy) is 1.